The SMILES string of the molecule is CNc1nc2n(n1)[C@H](c1ccc(C#N)cc1)C(C#N)=C(C)N2c1cccc(C(F)(F)F)c1. The fraction of sp³-hybridized carbons (Fsp3) is 0.182. The highest BCUT2D eigenvalue weighted by Crippen LogP contribution is 2.43. The maximum Gasteiger partial charge on any atom is 0.416 e. The molecule has 7 nitrogen and oxygen atoms in total. The topological polar surface area (TPSA) is 93.6 Å². The number of benzene rings is 2. The highest BCUT2D eigenvalue weighted by molar-refractivity contribution is 5.69. The minimum atomic E-state index is -4.52. The third kappa shape index (κ3) is 3.42. The average molecular weight is 435 g/mol. The third-order valence-corrected chi connectivity index (χ3v) is 5.19. The van der Waals surface area contributed by atoms with E-state index in [1.54, 1.807) is 38.2 Å². The summed E-state index contributed by atoms with van der Waals surface area (Å²) in [4.78, 5) is 5.92. The number of hydrogen-bond donors (Lipinski definition) is 1. The van der Waals surface area contributed by atoms with Gasteiger partial charge < -0.3 is 5.32 Å². The second kappa shape index (κ2) is 7.75. The predicted molar refractivity (Wildman–Crippen MR) is 111 cm³/mol. The van der Waals surface area contributed by atoms with Crippen LogP contribution in [0.4, 0.5) is 30.8 Å². The molecule has 0 amide bonds. The monoisotopic (exact) mass is 435 g/mol. The van der Waals surface area contributed by atoms with Crippen LogP contribution in [0.2, 0.25) is 0 Å². The van der Waals surface area contributed by atoms with E-state index in [4.69, 9.17) is 5.26 Å². The fourth-order valence-corrected chi connectivity index (χ4v) is 3.66. The Morgan fingerprint density at radius 2 is 1.78 bits per heavy atom. The maximum absolute atomic E-state index is 13.3. The number of nitrogens with zero attached hydrogens (tertiary/aromatic N) is 6. The molecule has 3 aromatic rings. The van der Waals surface area contributed by atoms with Crippen molar-refractivity contribution in [3.05, 3.63) is 76.5 Å². The van der Waals surface area contributed by atoms with E-state index in [0.717, 1.165) is 12.1 Å². The lowest BCUT2D eigenvalue weighted by Crippen LogP contribution is -2.31. The molecule has 10 heteroatoms. The molecule has 0 spiro atoms. The van der Waals surface area contributed by atoms with Gasteiger partial charge >= 0.3 is 6.18 Å². The number of fused-ring (bicyclic) bond motifs is 1. The van der Waals surface area contributed by atoms with Gasteiger partial charge in [0.05, 0.1) is 28.8 Å². The number of halogens is 3. The average Bonchev–Trinajstić information content (AvgIpc) is 3.21. The van der Waals surface area contributed by atoms with Crippen LogP contribution in [-0.2, 0) is 6.18 Å². The predicted octanol–water partition coefficient (Wildman–Crippen LogP) is 4.75. The van der Waals surface area contributed by atoms with E-state index in [1.165, 1.54) is 21.7 Å². The lowest BCUT2D eigenvalue weighted by atomic mass is 9.95. The Kier molecular flexibility index (Phi) is 5.07. The number of rotatable bonds is 3. The number of hydrogen-bond acceptors (Lipinski definition) is 6. The molecule has 2 aromatic carbocycles. The third-order valence-electron chi connectivity index (χ3n) is 5.19. The Morgan fingerprint density at radius 3 is 2.38 bits per heavy atom. The van der Waals surface area contributed by atoms with Gasteiger partial charge in [0.15, 0.2) is 0 Å². The Balaban J connectivity index is 1.94. The first-order chi connectivity index (χ1) is 15.3. The van der Waals surface area contributed by atoms with Crippen LogP contribution in [0.5, 0.6) is 0 Å². The molecule has 1 aromatic heterocycles. The smallest absolute Gasteiger partial charge is 0.356 e. The molecule has 1 N–H and O–H groups in total. The van der Waals surface area contributed by atoms with Crippen molar-refractivity contribution in [3.63, 3.8) is 0 Å². The molecule has 160 valence electrons. The minimum Gasteiger partial charge on any atom is -0.356 e. The molecule has 0 aliphatic carbocycles. The van der Waals surface area contributed by atoms with Crippen molar-refractivity contribution in [1.29, 1.82) is 10.5 Å². The molecular weight excluding hydrogens is 419 g/mol. The lowest BCUT2D eigenvalue weighted by Gasteiger charge is -2.34. The molecule has 0 saturated heterocycles. The molecule has 1 aliphatic rings. The van der Waals surface area contributed by atoms with E-state index >= 15 is 0 Å². The van der Waals surface area contributed by atoms with Crippen molar-refractivity contribution in [2.75, 3.05) is 17.3 Å². The number of nitrogens with one attached hydrogen (secondary N) is 1. The summed E-state index contributed by atoms with van der Waals surface area (Å²) in [7, 11) is 1.62. The van der Waals surface area contributed by atoms with Crippen molar-refractivity contribution >= 4 is 17.6 Å². The van der Waals surface area contributed by atoms with E-state index in [2.05, 4.69) is 21.5 Å². The molecule has 0 unspecified atom stereocenters. The van der Waals surface area contributed by atoms with Gasteiger partial charge in [0.2, 0.25) is 11.9 Å². The second-order valence-corrected chi connectivity index (χ2v) is 7.06. The summed E-state index contributed by atoms with van der Waals surface area (Å²) in [5.74, 6) is 0.516. The number of anilines is 3. The van der Waals surface area contributed by atoms with Gasteiger partial charge in [0.1, 0.15) is 6.04 Å². The molecule has 2 heterocycles. The van der Waals surface area contributed by atoms with Gasteiger partial charge in [0, 0.05) is 18.4 Å². The van der Waals surface area contributed by atoms with Crippen LogP contribution < -0.4 is 10.2 Å². The van der Waals surface area contributed by atoms with Crippen LogP contribution in [0.1, 0.15) is 29.7 Å². The largest absolute Gasteiger partial charge is 0.416 e. The van der Waals surface area contributed by atoms with Crippen molar-refractivity contribution in [2.24, 2.45) is 0 Å². The summed E-state index contributed by atoms with van der Waals surface area (Å²) >= 11 is 0. The molecule has 4 rings (SSSR count). The second-order valence-electron chi connectivity index (χ2n) is 7.06. The number of allylic oxidation sites excluding steroid dienone is 2. The maximum atomic E-state index is 13.3. The summed E-state index contributed by atoms with van der Waals surface area (Å²) in [6, 6.07) is 15.1. The Labute approximate surface area is 181 Å². The minimum absolute atomic E-state index is 0.208. The van der Waals surface area contributed by atoms with E-state index in [0.29, 0.717) is 22.4 Å². The summed E-state index contributed by atoms with van der Waals surface area (Å²) in [6.07, 6.45) is -4.52. The van der Waals surface area contributed by atoms with Crippen LogP contribution >= 0.6 is 0 Å². The normalized spacial score (nSPS) is 15.7. The Hall–Kier alpha value is -4.31. The molecule has 32 heavy (non-hydrogen) atoms. The highest BCUT2D eigenvalue weighted by atomic mass is 19.4. The van der Waals surface area contributed by atoms with Gasteiger partial charge in [-0.2, -0.15) is 28.7 Å². The van der Waals surface area contributed by atoms with Crippen LogP contribution in [0.15, 0.2) is 59.8 Å². The van der Waals surface area contributed by atoms with Crippen molar-refractivity contribution in [3.8, 4) is 12.1 Å². The van der Waals surface area contributed by atoms with Gasteiger partial charge in [-0.15, -0.1) is 5.10 Å². The van der Waals surface area contributed by atoms with Gasteiger partial charge in [-0.3, -0.25) is 4.90 Å². The first kappa shape index (κ1) is 20.9. The zero-order chi connectivity index (χ0) is 23.0. The first-order valence-electron chi connectivity index (χ1n) is 9.51. The number of alkyl halides is 3. The van der Waals surface area contributed by atoms with Crippen molar-refractivity contribution in [2.45, 2.75) is 19.1 Å². The Morgan fingerprint density at radius 1 is 1.06 bits per heavy atom. The molecule has 0 fully saturated rings. The van der Waals surface area contributed by atoms with Gasteiger partial charge in [-0.05, 0) is 42.8 Å². The quantitative estimate of drug-likeness (QED) is 0.638. The van der Waals surface area contributed by atoms with E-state index in [1.807, 2.05) is 6.07 Å². The van der Waals surface area contributed by atoms with Crippen LogP contribution in [0.3, 0.4) is 0 Å². The van der Waals surface area contributed by atoms with E-state index in [-0.39, 0.29) is 17.6 Å². The number of nitriles is 2. The fourth-order valence-electron chi connectivity index (χ4n) is 3.66. The zero-order valence-corrected chi connectivity index (χ0v) is 17.0. The molecule has 1 atom stereocenters. The molecule has 0 radical (unpaired) electrons. The summed E-state index contributed by atoms with van der Waals surface area (Å²) in [6.45, 7) is 1.66. The summed E-state index contributed by atoms with van der Waals surface area (Å²) in [5.41, 5.74) is 1.28. The molecule has 0 bridgehead atoms. The van der Waals surface area contributed by atoms with Crippen LogP contribution in [-0.4, -0.2) is 21.8 Å². The van der Waals surface area contributed by atoms with Crippen LogP contribution in [0.25, 0.3) is 0 Å². The zero-order valence-electron chi connectivity index (χ0n) is 17.0. The lowest BCUT2D eigenvalue weighted by molar-refractivity contribution is -0.137. The number of aromatic nitrogens is 3. The van der Waals surface area contributed by atoms with Gasteiger partial charge in [0.25, 0.3) is 0 Å². The highest BCUT2D eigenvalue weighted by Gasteiger charge is 2.37. The van der Waals surface area contributed by atoms with Crippen LogP contribution in [0, 0.1) is 22.7 Å². The summed E-state index contributed by atoms with van der Waals surface area (Å²) in [5, 5.41) is 26.3. The van der Waals surface area contributed by atoms with Gasteiger partial charge in [-0.1, -0.05) is 18.2 Å². The van der Waals surface area contributed by atoms with E-state index in [9.17, 15) is 18.4 Å². The first-order valence-corrected chi connectivity index (χ1v) is 9.51. The Bertz CT molecular complexity index is 1290. The van der Waals surface area contributed by atoms with E-state index < -0.39 is 17.8 Å². The molecular formula is C22H16F3N7. The van der Waals surface area contributed by atoms with Gasteiger partial charge in [-0.25, -0.2) is 4.68 Å². The standard InChI is InChI=1S/C22H16F3N7/c1-13-18(12-27)19(15-8-6-14(11-26)7-9-15)32-21(29-20(28-2)30-32)31(13)17-5-3-4-16(10-17)22(23,24)25/h3-10,19H,1-2H3,(H,28,30)/t19-/m1/s1. The molecule has 1 aliphatic heterocycles. The molecule has 0 saturated carbocycles. The summed E-state index contributed by atoms with van der Waals surface area (Å²) < 4.78 is 41.5. The van der Waals surface area contributed by atoms with Crippen molar-refractivity contribution in [1.82, 2.24) is 14.8 Å². The van der Waals surface area contributed by atoms with Crippen molar-refractivity contribution < 1.29 is 13.2 Å².